The Kier molecular flexibility index (Phi) is 2.90. The maximum absolute atomic E-state index is 5.82. The molecule has 108 valence electrons. The van der Waals surface area contributed by atoms with Gasteiger partial charge in [0.2, 0.25) is 5.89 Å². The molecule has 0 aliphatic rings. The molecule has 0 fully saturated rings. The lowest BCUT2D eigenvalue weighted by molar-refractivity contribution is 0.590. The van der Waals surface area contributed by atoms with E-state index in [1.807, 2.05) is 18.2 Å². The third-order valence-corrected chi connectivity index (χ3v) is 3.48. The van der Waals surface area contributed by atoms with Crippen LogP contribution < -0.4 is 11.5 Å². The Morgan fingerprint density at radius 1 is 0.952 bits per heavy atom. The van der Waals surface area contributed by atoms with Gasteiger partial charge >= 0.3 is 0 Å². The van der Waals surface area contributed by atoms with Gasteiger partial charge in [0.05, 0.1) is 0 Å². The van der Waals surface area contributed by atoms with E-state index in [1.165, 1.54) is 5.56 Å². The number of hydrogen-bond acceptors (Lipinski definition) is 4. The number of aromatic nitrogens is 1. The molecule has 1 heterocycles. The smallest absolute Gasteiger partial charge is 0.227 e. The van der Waals surface area contributed by atoms with E-state index in [4.69, 9.17) is 15.9 Å². The van der Waals surface area contributed by atoms with E-state index >= 15 is 0 Å². The zero-order valence-electron chi connectivity index (χ0n) is 12.5. The summed E-state index contributed by atoms with van der Waals surface area (Å²) < 4.78 is 5.81. The number of benzene rings is 2. The fraction of sp³-hybridized carbons (Fsp3) is 0.235. The van der Waals surface area contributed by atoms with Gasteiger partial charge < -0.3 is 15.9 Å². The fourth-order valence-electron chi connectivity index (χ4n) is 2.32. The standard InChI is InChI=1S/C17H19N3O/c1-17(2,3)11-4-5-15-14(8-11)20-16(21-15)10-6-12(18)9-13(19)7-10/h4-9H,18-19H2,1-3H3. The van der Waals surface area contributed by atoms with Crippen molar-refractivity contribution in [2.75, 3.05) is 11.5 Å². The van der Waals surface area contributed by atoms with Crippen molar-refractivity contribution in [3.63, 3.8) is 0 Å². The van der Waals surface area contributed by atoms with E-state index in [-0.39, 0.29) is 5.41 Å². The van der Waals surface area contributed by atoms with E-state index < -0.39 is 0 Å². The van der Waals surface area contributed by atoms with E-state index in [1.54, 1.807) is 6.07 Å². The van der Waals surface area contributed by atoms with Crippen LogP contribution in [-0.2, 0) is 5.41 Å². The first-order valence-electron chi connectivity index (χ1n) is 6.90. The van der Waals surface area contributed by atoms with E-state index in [0.29, 0.717) is 17.3 Å². The third-order valence-electron chi connectivity index (χ3n) is 3.48. The Labute approximate surface area is 123 Å². The van der Waals surface area contributed by atoms with E-state index in [9.17, 15) is 0 Å². The molecule has 4 nitrogen and oxygen atoms in total. The number of fused-ring (bicyclic) bond motifs is 1. The summed E-state index contributed by atoms with van der Waals surface area (Å²) in [6, 6.07) is 11.4. The first kappa shape index (κ1) is 13.5. The lowest BCUT2D eigenvalue weighted by atomic mass is 9.87. The summed E-state index contributed by atoms with van der Waals surface area (Å²) in [4.78, 5) is 4.56. The number of nitrogen functional groups attached to an aromatic ring is 2. The third kappa shape index (κ3) is 2.57. The second-order valence-corrected chi connectivity index (χ2v) is 6.34. The monoisotopic (exact) mass is 281 g/mol. The minimum Gasteiger partial charge on any atom is -0.436 e. The Morgan fingerprint density at radius 3 is 2.24 bits per heavy atom. The maximum Gasteiger partial charge on any atom is 0.227 e. The molecule has 1 aromatic heterocycles. The fourth-order valence-corrected chi connectivity index (χ4v) is 2.32. The van der Waals surface area contributed by atoms with Crippen LogP contribution in [0.3, 0.4) is 0 Å². The van der Waals surface area contributed by atoms with E-state index in [2.05, 4.69) is 37.9 Å². The molecule has 0 saturated carbocycles. The minimum absolute atomic E-state index is 0.0783. The van der Waals surface area contributed by atoms with Crippen molar-refractivity contribution in [3.8, 4) is 11.5 Å². The van der Waals surface area contributed by atoms with Crippen LogP contribution in [0.5, 0.6) is 0 Å². The number of hydrogen-bond donors (Lipinski definition) is 2. The van der Waals surface area contributed by atoms with Gasteiger partial charge in [-0.2, -0.15) is 0 Å². The molecule has 0 amide bonds. The van der Waals surface area contributed by atoms with Crippen LogP contribution in [0, 0.1) is 0 Å². The highest BCUT2D eigenvalue weighted by atomic mass is 16.3. The molecule has 21 heavy (non-hydrogen) atoms. The van der Waals surface area contributed by atoms with Crippen LogP contribution in [0.1, 0.15) is 26.3 Å². The molecule has 0 saturated heterocycles. The van der Waals surface area contributed by atoms with Gasteiger partial charge in [0, 0.05) is 16.9 Å². The minimum atomic E-state index is 0.0783. The summed E-state index contributed by atoms with van der Waals surface area (Å²) in [5.41, 5.74) is 16.5. The molecular weight excluding hydrogens is 262 g/mol. The first-order chi connectivity index (χ1) is 9.83. The molecule has 3 aromatic rings. The average molecular weight is 281 g/mol. The highest BCUT2D eigenvalue weighted by Crippen LogP contribution is 2.30. The SMILES string of the molecule is CC(C)(C)c1ccc2oc(-c3cc(N)cc(N)c3)nc2c1. The summed E-state index contributed by atoms with van der Waals surface area (Å²) >= 11 is 0. The zero-order valence-corrected chi connectivity index (χ0v) is 12.5. The summed E-state index contributed by atoms with van der Waals surface area (Å²) in [6.07, 6.45) is 0. The van der Waals surface area contributed by atoms with Gasteiger partial charge in [-0.1, -0.05) is 26.8 Å². The molecule has 0 spiro atoms. The van der Waals surface area contributed by atoms with Crippen LogP contribution in [0.2, 0.25) is 0 Å². The second-order valence-electron chi connectivity index (χ2n) is 6.34. The second kappa shape index (κ2) is 4.52. The summed E-state index contributed by atoms with van der Waals surface area (Å²) in [5, 5.41) is 0. The van der Waals surface area contributed by atoms with Crippen molar-refractivity contribution in [2.45, 2.75) is 26.2 Å². The van der Waals surface area contributed by atoms with Crippen LogP contribution in [0.4, 0.5) is 11.4 Å². The van der Waals surface area contributed by atoms with Crippen LogP contribution in [-0.4, -0.2) is 4.98 Å². The predicted molar refractivity (Wildman–Crippen MR) is 87.0 cm³/mol. The van der Waals surface area contributed by atoms with Crippen molar-refractivity contribution in [3.05, 3.63) is 42.0 Å². The normalized spacial score (nSPS) is 12.0. The molecule has 0 aliphatic carbocycles. The van der Waals surface area contributed by atoms with Crippen molar-refractivity contribution >= 4 is 22.5 Å². The molecule has 4 N–H and O–H groups in total. The van der Waals surface area contributed by atoms with E-state index in [0.717, 1.165) is 16.7 Å². The molecule has 0 bridgehead atoms. The van der Waals surface area contributed by atoms with Gasteiger partial charge in [0.1, 0.15) is 5.52 Å². The molecule has 0 aliphatic heterocycles. The lowest BCUT2D eigenvalue weighted by Gasteiger charge is -2.18. The average Bonchev–Trinajstić information content (AvgIpc) is 2.79. The van der Waals surface area contributed by atoms with Gasteiger partial charge in [0.15, 0.2) is 5.58 Å². The van der Waals surface area contributed by atoms with Crippen LogP contribution in [0.15, 0.2) is 40.8 Å². The summed E-state index contributed by atoms with van der Waals surface area (Å²) in [5.74, 6) is 0.537. The van der Waals surface area contributed by atoms with Crippen LogP contribution in [0.25, 0.3) is 22.6 Å². The molecule has 0 unspecified atom stereocenters. The Morgan fingerprint density at radius 2 is 1.62 bits per heavy atom. The molecular formula is C17H19N3O. The lowest BCUT2D eigenvalue weighted by Crippen LogP contribution is -2.10. The van der Waals surface area contributed by atoms with Gasteiger partial charge in [-0.25, -0.2) is 4.98 Å². The Bertz CT molecular complexity index is 792. The number of anilines is 2. The van der Waals surface area contributed by atoms with Crippen molar-refractivity contribution in [1.29, 1.82) is 0 Å². The molecule has 0 radical (unpaired) electrons. The highest BCUT2D eigenvalue weighted by molar-refractivity contribution is 5.78. The van der Waals surface area contributed by atoms with Gasteiger partial charge in [-0.15, -0.1) is 0 Å². The Hall–Kier alpha value is -2.49. The number of rotatable bonds is 1. The first-order valence-corrected chi connectivity index (χ1v) is 6.90. The van der Waals surface area contributed by atoms with Crippen molar-refractivity contribution in [2.24, 2.45) is 0 Å². The number of oxazole rings is 1. The molecule has 4 heteroatoms. The zero-order chi connectivity index (χ0) is 15.2. The van der Waals surface area contributed by atoms with Gasteiger partial charge in [0.25, 0.3) is 0 Å². The highest BCUT2D eigenvalue weighted by Gasteiger charge is 2.16. The molecule has 2 aromatic carbocycles. The molecule has 3 rings (SSSR count). The quantitative estimate of drug-likeness (QED) is 0.662. The Balaban J connectivity index is 2.13. The topological polar surface area (TPSA) is 78.1 Å². The predicted octanol–water partition coefficient (Wildman–Crippen LogP) is 3.96. The summed E-state index contributed by atoms with van der Waals surface area (Å²) in [6.45, 7) is 6.52. The van der Waals surface area contributed by atoms with Crippen molar-refractivity contribution in [1.82, 2.24) is 4.98 Å². The summed E-state index contributed by atoms with van der Waals surface area (Å²) in [7, 11) is 0. The maximum atomic E-state index is 5.82. The van der Waals surface area contributed by atoms with Crippen LogP contribution >= 0.6 is 0 Å². The van der Waals surface area contributed by atoms with Gasteiger partial charge in [-0.3, -0.25) is 0 Å². The number of nitrogens with zero attached hydrogens (tertiary/aromatic N) is 1. The largest absolute Gasteiger partial charge is 0.436 e. The van der Waals surface area contributed by atoms with Gasteiger partial charge in [-0.05, 0) is 41.3 Å². The number of nitrogens with two attached hydrogens (primary N) is 2. The molecule has 0 atom stereocenters. The van der Waals surface area contributed by atoms with Crippen molar-refractivity contribution < 1.29 is 4.42 Å².